The van der Waals surface area contributed by atoms with Crippen molar-refractivity contribution in [1.82, 2.24) is 0 Å². The van der Waals surface area contributed by atoms with E-state index in [1.54, 1.807) is 18.2 Å². The van der Waals surface area contributed by atoms with Crippen molar-refractivity contribution in [2.24, 2.45) is 0 Å². The highest BCUT2D eigenvalue weighted by Gasteiger charge is 2.42. The molecule has 0 radical (unpaired) electrons. The van der Waals surface area contributed by atoms with Gasteiger partial charge in [-0.3, -0.25) is 0 Å². The van der Waals surface area contributed by atoms with Crippen LogP contribution in [0.1, 0.15) is 13.3 Å². The molecular formula is C12H13BrCl2O2. The molecule has 2 rings (SSSR count). The van der Waals surface area contributed by atoms with Gasteiger partial charge in [0.15, 0.2) is 0 Å². The molecule has 1 aliphatic carbocycles. The maximum absolute atomic E-state index is 6.05. The summed E-state index contributed by atoms with van der Waals surface area (Å²) in [5.41, 5.74) is 0. The van der Waals surface area contributed by atoms with E-state index >= 15 is 0 Å². The third-order valence-electron chi connectivity index (χ3n) is 2.71. The van der Waals surface area contributed by atoms with Gasteiger partial charge < -0.3 is 9.47 Å². The number of ether oxygens (including phenoxy) is 2. The minimum Gasteiger partial charge on any atom is -0.486 e. The fourth-order valence-electron chi connectivity index (χ4n) is 1.78. The van der Waals surface area contributed by atoms with Gasteiger partial charge in [-0.1, -0.05) is 39.1 Å². The van der Waals surface area contributed by atoms with E-state index in [1.807, 2.05) is 6.92 Å². The molecule has 1 fully saturated rings. The highest BCUT2D eigenvalue weighted by molar-refractivity contribution is 9.09. The first kappa shape index (κ1) is 13.5. The molecule has 0 aromatic heterocycles. The molecular weight excluding hydrogens is 327 g/mol. The van der Waals surface area contributed by atoms with Crippen LogP contribution in [0.3, 0.4) is 0 Å². The number of rotatable bonds is 4. The summed E-state index contributed by atoms with van der Waals surface area (Å²) in [7, 11) is 0. The van der Waals surface area contributed by atoms with Crippen LogP contribution in [0.5, 0.6) is 5.75 Å². The van der Waals surface area contributed by atoms with Crippen LogP contribution in [0, 0.1) is 0 Å². The first-order valence-corrected chi connectivity index (χ1v) is 7.16. The molecule has 17 heavy (non-hydrogen) atoms. The van der Waals surface area contributed by atoms with Crippen molar-refractivity contribution in [3.8, 4) is 5.75 Å². The lowest BCUT2D eigenvalue weighted by Gasteiger charge is -2.40. The number of halogens is 3. The number of hydrogen-bond donors (Lipinski definition) is 0. The normalized spacial score (nSPS) is 27.6. The lowest BCUT2D eigenvalue weighted by Crippen LogP contribution is -2.52. The van der Waals surface area contributed by atoms with Crippen LogP contribution in [-0.4, -0.2) is 23.6 Å². The van der Waals surface area contributed by atoms with Crippen molar-refractivity contribution in [2.45, 2.75) is 30.4 Å². The summed E-state index contributed by atoms with van der Waals surface area (Å²) in [5.74, 6) is 0.658. The smallest absolute Gasteiger partial charge is 0.138 e. The minimum atomic E-state index is 0.0537. The molecule has 94 valence electrons. The maximum Gasteiger partial charge on any atom is 0.138 e. The molecule has 3 unspecified atom stereocenters. The quantitative estimate of drug-likeness (QED) is 0.761. The first-order valence-electron chi connectivity index (χ1n) is 5.49. The molecule has 0 bridgehead atoms. The van der Waals surface area contributed by atoms with E-state index < -0.39 is 0 Å². The van der Waals surface area contributed by atoms with Crippen LogP contribution in [-0.2, 0) is 4.74 Å². The molecule has 0 saturated heterocycles. The van der Waals surface area contributed by atoms with Crippen LogP contribution in [0.4, 0.5) is 0 Å². The Morgan fingerprint density at radius 2 is 2.18 bits per heavy atom. The van der Waals surface area contributed by atoms with Gasteiger partial charge in [-0.15, -0.1) is 0 Å². The monoisotopic (exact) mass is 338 g/mol. The van der Waals surface area contributed by atoms with Crippen molar-refractivity contribution in [1.29, 1.82) is 0 Å². The Morgan fingerprint density at radius 1 is 1.41 bits per heavy atom. The molecule has 5 heteroatoms. The predicted octanol–water partition coefficient (Wildman–Crippen LogP) is 4.31. The Hall–Kier alpha value is 0.0400. The summed E-state index contributed by atoms with van der Waals surface area (Å²) in [4.78, 5) is 0.360. The summed E-state index contributed by atoms with van der Waals surface area (Å²) >= 11 is 15.4. The number of hydrogen-bond acceptors (Lipinski definition) is 2. The van der Waals surface area contributed by atoms with Crippen molar-refractivity contribution in [2.75, 3.05) is 6.61 Å². The van der Waals surface area contributed by atoms with Gasteiger partial charge in [0.05, 0.1) is 5.02 Å². The van der Waals surface area contributed by atoms with E-state index in [9.17, 15) is 0 Å². The van der Waals surface area contributed by atoms with Crippen LogP contribution in [0.15, 0.2) is 18.2 Å². The zero-order valence-electron chi connectivity index (χ0n) is 9.33. The van der Waals surface area contributed by atoms with E-state index in [2.05, 4.69) is 15.9 Å². The van der Waals surface area contributed by atoms with Gasteiger partial charge in [0.2, 0.25) is 0 Å². The second kappa shape index (κ2) is 5.79. The van der Waals surface area contributed by atoms with Crippen LogP contribution >= 0.6 is 39.1 Å². The van der Waals surface area contributed by atoms with E-state index in [1.165, 1.54) is 0 Å². The van der Waals surface area contributed by atoms with Crippen LogP contribution in [0.25, 0.3) is 0 Å². The van der Waals surface area contributed by atoms with Crippen molar-refractivity contribution >= 4 is 39.1 Å². The molecule has 0 aliphatic heterocycles. The van der Waals surface area contributed by atoms with Gasteiger partial charge in [0.25, 0.3) is 0 Å². The first-order chi connectivity index (χ1) is 8.11. The Labute approximate surface area is 119 Å². The van der Waals surface area contributed by atoms with Gasteiger partial charge >= 0.3 is 0 Å². The topological polar surface area (TPSA) is 18.5 Å². The van der Waals surface area contributed by atoms with E-state index in [4.69, 9.17) is 32.7 Å². The molecule has 2 nitrogen and oxygen atoms in total. The Bertz CT molecular complexity index is 400. The third-order valence-corrected chi connectivity index (χ3v) is 4.14. The molecule has 0 heterocycles. The molecule has 0 spiro atoms. The minimum absolute atomic E-state index is 0.0537. The predicted molar refractivity (Wildman–Crippen MR) is 73.6 cm³/mol. The third kappa shape index (κ3) is 3.08. The Morgan fingerprint density at radius 3 is 2.76 bits per heavy atom. The number of alkyl halides is 1. The van der Waals surface area contributed by atoms with Gasteiger partial charge in [-0.25, -0.2) is 0 Å². The lowest BCUT2D eigenvalue weighted by atomic mass is 9.91. The molecule has 1 aromatic carbocycles. The zero-order valence-corrected chi connectivity index (χ0v) is 12.4. The average molecular weight is 340 g/mol. The summed E-state index contributed by atoms with van der Waals surface area (Å²) in [6.07, 6.45) is 1.06. The Kier molecular flexibility index (Phi) is 4.59. The molecule has 1 aliphatic rings. The van der Waals surface area contributed by atoms with Gasteiger partial charge in [0.1, 0.15) is 18.0 Å². The number of benzene rings is 1. The SMILES string of the molecule is CCOC1C(Br)CC1Oc1ccc(Cl)cc1Cl. The fourth-order valence-corrected chi connectivity index (χ4v) is 3.09. The summed E-state index contributed by atoms with van der Waals surface area (Å²) < 4.78 is 11.4. The summed E-state index contributed by atoms with van der Waals surface area (Å²) in [6.45, 7) is 2.66. The molecule has 3 atom stereocenters. The van der Waals surface area contributed by atoms with Gasteiger partial charge in [-0.2, -0.15) is 0 Å². The van der Waals surface area contributed by atoms with Crippen molar-refractivity contribution < 1.29 is 9.47 Å². The Balaban J connectivity index is 2.01. The fraction of sp³-hybridized carbons (Fsp3) is 0.500. The standard InChI is InChI=1S/C12H13BrCl2O2/c1-2-16-12-8(13)6-11(12)17-10-4-3-7(14)5-9(10)15/h3-5,8,11-12H,2,6H2,1H3. The van der Waals surface area contributed by atoms with Gasteiger partial charge in [-0.05, 0) is 25.1 Å². The van der Waals surface area contributed by atoms with E-state index in [0.717, 1.165) is 6.42 Å². The second-order valence-corrected chi connectivity index (χ2v) is 5.92. The second-order valence-electron chi connectivity index (χ2n) is 3.90. The van der Waals surface area contributed by atoms with Crippen LogP contribution < -0.4 is 4.74 Å². The van der Waals surface area contributed by atoms with Crippen LogP contribution in [0.2, 0.25) is 10.0 Å². The zero-order chi connectivity index (χ0) is 12.4. The molecule has 0 N–H and O–H groups in total. The molecule has 1 aromatic rings. The van der Waals surface area contributed by atoms with E-state index in [-0.39, 0.29) is 12.2 Å². The average Bonchev–Trinajstić information content (AvgIpc) is 2.28. The van der Waals surface area contributed by atoms with E-state index in [0.29, 0.717) is 27.2 Å². The van der Waals surface area contributed by atoms with Crippen molar-refractivity contribution in [3.05, 3.63) is 28.2 Å². The molecule has 1 saturated carbocycles. The maximum atomic E-state index is 6.05. The van der Waals surface area contributed by atoms with Gasteiger partial charge in [0, 0.05) is 22.9 Å². The largest absolute Gasteiger partial charge is 0.486 e. The lowest BCUT2D eigenvalue weighted by molar-refractivity contribution is -0.0722. The summed E-state index contributed by atoms with van der Waals surface area (Å²) in [6, 6.07) is 5.23. The summed E-state index contributed by atoms with van der Waals surface area (Å²) in [5, 5.41) is 1.14. The molecule has 0 amide bonds. The highest BCUT2D eigenvalue weighted by atomic mass is 79.9. The highest BCUT2D eigenvalue weighted by Crippen LogP contribution is 2.36. The van der Waals surface area contributed by atoms with Crippen molar-refractivity contribution in [3.63, 3.8) is 0 Å².